The summed E-state index contributed by atoms with van der Waals surface area (Å²) in [7, 11) is 3.33. The van der Waals surface area contributed by atoms with E-state index < -0.39 is 0 Å². The minimum atomic E-state index is -0.195. The van der Waals surface area contributed by atoms with Crippen LogP contribution in [0.2, 0.25) is 0 Å². The number of rotatable bonds is 6. The van der Waals surface area contributed by atoms with E-state index >= 15 is 0 Å². The Morgan fingerprint density at radius 2 is 2.18 bits per heavy atom. The Labute approximate surface area is 101 Å². The van der Waals surface area contributed by atoms with Crippen molar-refractivity contribution in [2.75, 3.05) is 27.2 Å². The smallest absolute Gasteiger partial charge is 0.251 e. The third kappa shape index (κ3) is 3.96. The summed E-state index contributed by atoms with van der Waals surface area (Å²) in [6.07, 6.45) is 0.865. The van der Waals surface area contributed by atoms with Crippen molar-refractivity contribution in [2.45, 2.75) is 6.42 Å². The maximum Gasteiger partial charge on any atom is 0.251 e. The summed E-state index contributed by atoms with van der Waals surface area (Å²) in [4.78, 5) is 11.7. The fraction of sp³-hybridized carbons (Fsp3) is 0.417. The van der Waals surface area contributed by atoms with Crippen LogP contribution in [0.1, 0.15) is 16.8 Å². The van der Waals surface area contributed by atoms with Gasteiger partial charge in [0.05, 0.1) is 7.11 Å². The number of carbonyl (C=O) groups is 1. The van der Waals surface area contributed by atoms with Gasteiger partial charge < -0.3 is 20.5 Å². The monoisotopic (exact) mass is 238 g/mol. The third-order valence-electron chi connectivity index (χ3n) is 2.33. The average Bonchev–Trinajstić information content (AvgIpc) is 2.34. The largest absolute Gasteiger partial charge is 0.504 e. The van der Waals surface area contributed by atoms with E-state index in [4.69, 9.17) is 4.74 Å². The lowest BCUT2D eigenvalue weighted by Crippen LogP contribution is -2.26. The predicted octanol–water partition coefficient (Wildman–Crippen LogP) is 0.740. The standard InChI is InChI=1S/C12H18N2O3/c1-13-6-3-7-14-12(16)9-4-5-11(17-2)10(15)8-9/h4-5,8,13,15H,3,6-7H2,1-2H3,(H,14,16). The number of aromatic hydroxyl groups is 1. The molecule has 1 amide bonds. The molecule has 0 aliphatic rings. The van der Waals surface area contributed by atoms with Gasteiger partial charge in [0.25, 0.3) is 5.91 Å². The number of carbonyl (C=O) groups excluding carboxylic acids is 1. The molecule has 94 valence electrons. The summed E-state index contributed by atoms with van der Waals surface area (Å²) in [5.41, 5.74) is 0.424. The van der Waals surface area contributed by atoms with Gasteiger partial charge in [-0.05, 0) is 38.2 Å². The van der Waals surface area contributed by atoms with Crippen molar-refractivity contribution in [3.63, 3.8) is 0 Å². The third-order valence-corrected chi connectivity index (χ3v) is 2.33. The lowest BCUT2D eigenvalue weighted by molar-refractivity contribution is 0.0953. The summed E-state index contributed by atoms with van der Waals surface area (Å²) in [6.45, 7) is 1.46. The highest BCUT2D eigenvalue weighted by Crippen LogP contribution is 2.25. The van der Waals surface area contributed by atoms with Gasteiger partial charge in [0.15, 0.2) is 11.5 Å². The van der Waals surface area contributed by atoms with Crippen LogP contribution in [0.5, 0.6) is 11.5 Å². The van der Waals surface area contributed by atoms with E-state index in [-0.39, 0.29) is 11.7 Å². The zero-order valence-electron chi connectivity index (χ0n) is 10.1. The molecular weight excluding hydrogens is 220 g/mol. The molecule has 0 fully saturated rings. The van der Waals surface area contributed by atoms with Crippen molar-refractivity contribution in [3.8, 4) is 11.5 Å². The van der Waals surface area contributed by atoms with Gasteiger partial charge >= 0.3 is 0 Å². The van der Waals surface area contributed by atoms with Crippen molar-refractivity contribution >= 4 is 5.91 Å². The van der Waals surface area contributed by atoms with E-state index in [0.29, 0.717) is 17.9 Å². The van der Waals surface area contributed by atoms with E-state index in [2.05, 4.69) is 10.6 Å². The molecule has 3 N–H and O–H groups in total. The maximum absolute atomic E-state index is 11.7. The van der Waals surface area contributed by atoms with E-state index in [1.165, 1.54) is 13.2 Å². The van der Waals surface area contributed by atoms with Gasteiger partial charge in [-0.15, -0.1) is 0 Å². The zero-order valence-corrected chi connectivity index (χ0v) is 10.1. The molecule has 1 aromatic carbocycles. The second-order valence-electron chi connectivity index (χ2n) is 3.60. The van der Waals surface area contributed by atoms with Crippen molar-refractivity contribution in [1.29, 1.82) is 0 Å². The van der Waals surface area contributed by atoms with Crippen molar-refractivity contribution in [2.24, 2.45) is 0 Å². The normalized spacial score (nSPS) is 10.0. The number of amides is 1. The zero-order chi connectivity index (χ0) is 12.7. The van der Waals surface area contributed by atoms with Gasteiger partial charge in [0.1, 0.15) is 0 Å². The van der Waals surface area contributed by atoms with Crippen LogP contribution in [-0.4, -0.2) is 38.3 Å². The Morgan fingerprint density at radius 3 is 2.76 bits per heavy atom. The fourth-order valence-corrected chi connectivity index (χ4v) is 1.40. The van der Waals surface area contributed by atoms with Crippen LogP contribution in [0.3, 0.4) is 0 Å². The lowest BCUT2D eigenvalue weighted by atomic mass is 10.2. The summed E-state index contributed by atoms with van der Waals surface area (Å²) in [5, 5.41) is 15.3. The molecule has 0 saturated carbocycles. The van der Waals surface area contributed by atoms with Gasteiger partial charge in [-0.25, -0.2) is 0 Å². The second-order valence-corrected chi connectivity index (χ2v) is 3.60. The second kappa shape index (κ2) is 6.75. The molecule has 0 heterocycles. The van der Waals surface area contributed by atoms with Crippen molar-refractivity contribution < 1.29 is 14.6 Å². The molecule has 5 nitrogen and oxygen atoms in total. The lowest BCUT2D eigenvalue weighted by Gasteiger charge is -2.07. The van der Waals surface area contributed by atoms with Gasteiger partial charge in [0, 0.05) is 12.1 Å². The number of ether oxygens (including phenoxy) is 1. The van der Waals surface area contributed by atoms with Gasteiger partial charge in [-0.3, -0.25) is 4.79 Å². The molecule has 0 atom stereocenters. The average molecular weight is 238 g/mol. The Hall–Kier alpha value is -1.75. The maximum atomic E-state index is 11.7. The van der Waals surface area contributed by atoms with Crippen LogP contribution in [0.15, 0.2) is 18.2 Å². The highest BCUT2D eigenvalue weighted by molar-refractivity contribution is 5.94. The molecule has 17 heavy (non-hydrogen) atoms. The number of phenols is 1. The van der Waals surface area contributed by atoms with Gasteiger partial charge in [-0.1, -0.05) is 0 Å². The molecule has 0 spiro atoms. The molecular formula is C12H18N2O3. The van der Waals surface area contributed by atoms with E-state index in [9.17, 15) is 9.90 Å². The number of benzene rings is 1. The van der Waals surface area contributed by atoms with Crippen LogP contribution >= 0.6 is 0 Å². The Morgan fingerprint density at radius 1 is 1.41 bits per heavy atom. The minimum absolute atomic E-state index is 0.0321. The molecule has 0 saturated heterocycles. The van der Waals surface area contributed by atoms with Crippen molar-refractivity contribution in [1.82, 2.24) is 10.6 Å². The van der Waals surface area contributed by atoms with Crippen molar-refractivity contribution in [3.05, 3.63) is 23.8 Å². The molecule has 0 unspecified atom stereocenters. The quantitative estimate of drug-likeness (QED) is 0.639. The van der Waals surface area contributed by atoms with E-state index in [1.54, 1.807) is 12.1 Å². The first-order valence-corrected chi connectivity index (χ1v) is 5.49. The first kappa shape index (κ1) is 13.3. The predicted molar refractivity (Wildman–Crippen MR) is 65.5 cm³/mol. The Kier molecular flexibility index (Phi) is 5.29. The minimum Gasteiger partial charge on any atom is -0.504 e. The number of hydrogen-bond donors (Lipinski definition) is 3. The van der Waals surface area contributed by atoms with Gasteiger partial charge in [0.2, 0.25) is 0 Å². The van der Waals surface area contributed by atoms with Gasteiger partial charge in [-0.2, -0.15) is 0 Å². The van der Waals surface area contributed by atoms with Crippen LogP contribution in [0.4, 0.5) is 0 Å². The van der Waals surface area contributed by atoms with Crippen LogP contribution in [0, 0.1) is 0 Å². The van der Waals surface area contributed by atoms with E-state index in [1.807, 2.05) is 7.05 Å². The van der Waals surface area contributed by atoms with Crippen LogP contribution < -0.4 is 15.4 Å². The summed E-state index contributed by atoms with van der Waals surface area (Å²) in [5.74, 6) is 0.131. The molecule has 0 aliphatic heterocycles. The summed E-state index contributed by atoms with van der Waals surface area (Å²) < 4.78 is 4.90. The Balaban J connectivity index is 2.54. The fourth-order valence-electron chi connectivity index (χ4n) is 1.40. The molecule has 0 aliphatic carbocycles. The molecule has 0 bridgehead atoms. The summed E-state index contributed by atoms with van der Waals surface area (Å²) >= 11 is 0. The SMILES string of the molecule is CNCCCNC(=O)c1ccc(OC)c(O)c1. The molecule has 5 heteroatoms. The number of methoxy groups -OCH3 is 1. The number of nitrogens with one attached hydrogen (secondary N) is 2. The summed E-state index contributed by atoms with van der Waals surface area (Å²) in [6, 6.07) is 4.58. The van der Waals surface area contributed by atoms with E-state index in [0.717, 1.165) is 13.0 Å². The number of hydrogen-bond acceptors (Lipinski definition) is 4. The highest BCUT2D eigenvalue weighted by Gasteiger charge is 2.08. The number of phenolic OH excluding ortho intramolecular Hbond substituents is 1. The molecule has 1 aromatic rings. The van der Waals surface area contributed by atoms with Crippen LogP contribution in [0.25, 0.3) is 0 Å². The molecule has 0 radical (unpaired) electrons. The first-order valence-electron chi connectivity index (χ1n) is 5.49. The highest BCUT2D eigenvalue weighted by atomic mass is 16.5. The van der Waals surface area contributed by atoms with Crippen LogP contribution in [-0.2, 0) is 0 Å². The molecule has 0 aromatic heterocycles. The first-order chi connectivity index (χ1) is 8.19. The topological polar surface area (TPSA) is 70.6 Å². The Bertz CT molecular complexity index is 380. The molecule has 1 rings (SSSR count).